The summed E-state index contributed by atoms with van der Waals surface area (Å²) in [5, 5.41) is 0. The van der Waals surface area contributed by atoms with Crippen molar-refractivity contribution in [3.05, 3.63) is 29.3 Å². The fraction of sp³-hybridized carbons (Fsp3) is 0.200. The Balaban J connectivity index is 2.34. The van der Waals surface area contributed by atoms with Crippen LogP contribution in [0.3, 0.4) is 0 Å². The van der Waals surface area contributed by atoms with Crippen molar-refractivity contribution >= 4 is 11.6 Å². The third-order valence-electron chi connectivity index (χ3n) is 2.16. The molecule has 0 spiro atoms. The Morgan fingerprint density at radius 2 is 1.88 bits per heavy atom. The first-order valence-electron chi connectivity index (χ1n) is 4.33. The number of ether oxygens (including phenoxy) is 1. The zero-order valence-electron chi connectivity index (χ0n) is 7.80. The van der Waals surface area contributed by atoms with Crippen molar-refractivity contribution < 1.29 is 27.5 Å². The summed E-state index contributed by atoms with van der Waals surface area (Å²) in [6.45, 7) is 0. The number of halogens is 3. The second-order valence-corrected chi connectivity index (χ2v) is 3.30. The molecule has 0 aliphatic heterocycles. The smallest absolute Gasteiger partial charge is 0.406 e. The summed E-state index contributed by atoms with van der Waals surface area (Å²) < 4.78 is 39.3. The van der Waals surface area contributed by atoms with Gasteiger partial charge in [-0.05, 0) is 17.7 Å². The van der Waals surface area contributed by atoms with Gasteiger partial charge in [-0.25, -0.2) is 0 Å². The first-order chi connectivity index (χ1) is 7.37. The van der Waals surface area contributed by atoms with Crippen LogP contribution in [-0.2, 0) is 11.2 Å². The van der Waals surface area contributed by atoms with Crippen LogP contribution in [0.25, 0.3) is 0 Å². The standard InChI is InChI=1S/C10H5F3O3/c11-10(12,13)16-6-2-1-5-3-8(14)9(15)7(5)4-6/h1-2,4H,3H2. The Morgan fingerprint density at radius 1 is 1.19 bits per heavy atom. The van der Waals surface area contributed by atoms with Gasteiger partial charge < -0.3 is 4.74 Å². The maximum absolute atomic E-state index is 11.9. The SMILES string of the molecule is O=C1Cc2ccc(OC(F)(F)F)cc2C1=O. The number of alkyl halides is 3. The predicted molar refractivity (Wildman–Crippen MR) is 46.2 cm³/mol. The minimum absolute atomic E-state index is 0.00764. The normalized spacial score (nSPS) is 15.2. The molecule has 0 bridgehead atoms. The number of ketones is 2. The molecular weight excluding hydrogens is 225 g/mol. The first-order valence-corrected chi connectivity index (χ1v) is 4.33. The van der Waals surface area contributed by atoms with Crippen LogP contribution in [0.4, 0.5) is 13.2 Å². The Labute approximate surface area is 87.8 Å². The molecule has 0 saturated heterocycles. The number of carbonyl (C=O) groups is 2. The molecule has 0 radical (unpaired) electrons. The molecule has 1 aliphatic rings. The van der Waals surface area contributed by atoms with Crippen LogP contribution in [0, 0.1) is 0 Å². The molecule has 2 rings (SSSR count). The molecule has 0 N–H and O–H groups in total. The molecule has 6 heteroatoms. The highest BCUT2D eigenvalue weighted by molar-refractivity contribution is 6.47. The van der Waals surface area contributed by atoms with E-state index in [0.717, 1.165) is 12.1 Å². The van der Waals surface area contributed by atoms with Crippen molar-refractivity contribution in [2.45, 2.75) is 12.8 Å². The van der Waals surface area contributed by atoms with E-state index in [-0.39, 0.29) is 12.0 Å². The second-order valence-electron chi connectivity index (χ2n) is 3.30. The number of rotatable bonds is 1. The second kappa shape index (κ2) is 3.33. The highest BCUT2D eigenvalue weighted by Crippen LogP contribution is 2.28. The van der Waals surface area contributed by atoms with Crippen LogP contribution in [0.1, 0.15) is 15.9 Å². The summed E-state index contributed by atoms with van der Waals surface area (Å²) in [7, 11) is 0. The van der Waals surface area contributed by atoms with Gasteiger partial charge in [0.05, 0.1) is 0 Å². The molecule has 3 nitrogen and oxygen atoms in total. The Hall–Kier alpha value is -1.85. The van der Waals surface area contributed by atoms with Gasteiger partial charge in [-0.2, -0.15) is 0 Å². The van der Waals surface area contributed by atoms with Gasteiger partial charge >= 0.3 is 6.36 Å². The minimum atomic E-state index is -4.81. The van der Waals surface area contributed by atoms with Crippen molar-refractivity contribution in [3.63, 3.8) is 0 Å². The van der Waals surface area contributed by atoms with E-state index in [2.05, 4.69) is 4.74 Å². The number of hydrogen-bond acceptors (Lipinski definition) is 3. The first kappa shape index (κ1) is 10.7. The molecule has 0 amide bonds. The van der Waals surface area contributed by atoms with E-state index in [1.165, 1.54) is 6.07 Å². The molecule has 1 aromatic carbocycles. The molecule has 1 aromatic rings. The number of carbonyl (C=O) groups excluding carboxylic acids is 2. The van der Waals surface area contributed by atoms with E-state index in [1.807, 2.05) is 0 Å². The summed E-state index contributed by atoms with van der Waals surface area (Å²) in [5.74, 6) is -1.86. The highest BCUT2D eigenvalue weighted by atomic mass is 19.4. The summed E-state index contributed by atoms with van der Waals surface area (Å²) in [6, 6.07) is 3.31. The van der Waals surface area contributed by atoms with Crippen molar-refractivity contribution in [3.8, 4) is 5.75 Å². The monoisotopic (exact) mass is 230 g/mol. The molecule has 1 aliphatic carbocycles. The Bertz CT molecular complexity index is 477. The third kappa shape index (κ3) is 1.91. The molecule has 0 fully saturated rings. The maximum atomic E-state index is 11.9. The number of Topliss-reactive ketones (excluding diaryl/α,β-unsaturated/α-hetero) is 2. The zero-order valence-corrected chi connectivity index (χ0v) is 7.80. The molecular formula is C10H5F3O3. The molecule has 0 atom stereocenters. The van der Waals surface area contributed by atoms with Gasteiger partial charge in [0, 0.05) is 12.0 Å². The lowest BCUT2D eigenvalue weighted by molar-refractivity contribution is -0.274. The quantitative estimate of drug-likeness (QED) is 0.692. The van der Waals surface area contributed by atoms with E-state index < -0.39 is 23.7 Å². The molecule has 0 heterocycles. The largest absolute Gasteiger partial charge is 0.573 e. The van der Waals surface area contributed by atoms with Crippen molar-refractivity contribution in [1.29, 1.82) is 0 Å². The molecule has 0 unspecified atom stereocenters. The number of fused-ring (bicyclic) bond motifs is 1. The van der Waals surface area contributed by atoms with E-state index in [4.69, 9.17) is 0 Å². The van der Waals surface area contributed by atoms with Gasteiger partial charge in [0.15, 0.2) is 0 Å². The average Bonchev–Trinajstić information content (AvgIpc) is 2.42. The highest BCUT2D eigenvalue weighted by Gasteiger charge is 2.33. The van der Waals surface area contributed by atoms with Gasteiger partial charge in [-0.1, -0.05) is 6.07 Å². The molecule has 16 heavy (non-hydrogen) atoms. The summed E-state index contributed by atoms with van der Waals surface area (Å²) in [5.41, 5.74) is 0.427. The van der Waals surface area contributed by atoms with Crippen molar-refractivity contribution in [2.75, 3.05) is 0 Å². The Kier molecular flexibility index (Phi) is 2.22. The van der Waals surface area contributed by atoms with Crippen LogP contribution in [0.5, 0.6) is 5.75 Å². The zero-order chi connectivity index (χ0) is 11.9. The fourth-order valence-corrected chi connectivity index (χ4v) is 1.52. The van der Waals surface area contributed by atoms with Crippen LogP contribution in [-0.4, -0.2) is 17.9 Å². The summed E-state index contributed by atoms with van der Waals surface area (Å²) >= 11 is 0. The lowest BCUT2D eigenvalue weighted by atomic mass is 10.1. The minimum Gasteiger partial charge on any atom is -0.406 e. The van der Waals surface area contributed by atoms with E-state index in [0.29, 0.717) is 5.56 Å². The van der Waals surface area contributed by atoms with E-state index in [9.17, 15) is 22.8 Å². The van der Waals surface area contributed by atoms with Gasteiger partial charge in [-0.15, -0.1) is 13.2 Å². The summed E-state index contributed by atoms with van der Waals surface area (Å²) in [4.78, 5) is 22.2. The van der Waals surface area contributed by atoms with E-state index >= 15 is 0 Å². The van der Waals surface area contributed by atoms with Gasteiger partial charge in [0.1, 0.15) is 5.75 Å². The molecule has 84 valence electrons. The van der Waals surface area contributed by atoms with Crippen molar-refractivity contribution in [1.82, 2.24) is 0 Å². The average molecular weight is 230 g/mol. The fourth-order valence-electron chi connectivity index (χ4n) is 1.52. The maximum Gasteiger partial charge on any atom is 0.573 e. The third-order valence-corrected chi connectivity index (χ3v) is 2.16. The Morgan fingerprint density at radius 3 is 2.50 bits per heavy atom. The van der Waals surface area contributed by atoms with Gasteiger partial charge in [0.25, 0.3) is 0 Å². The van der Waals surface area contributed by atoms with Crippen LogP contribution in [0.2, 0.25) is 0 Å². The van der Waals surface area contributed by atoms with Gasteiger partial charge in [0.2, 0.25) is 11.6 Å². The molecule has 0 aromatic heterocycles. The van der Waals surface area contributed by atoms with Crippen LogP contribution in [0.15, 0.2) is 18.2 Å². The topological polar surface area (TPSA) is 43.4 Å². The lowest BCUT2D eigenvalue weighted by Gasteiger charge is -2.09. The predicted octanol–water partition coefficient (Wildman–Crippen LogP) is 1.89. The van der Waals surface area contributed by atoms with Crippen molar-refractivity contribution in [2.24, 2.45) is 0 Å². The lowest BCUT2D eigenvalue weighted by Crippen LogP contribution is -2.17. The van der Waals surface area contributed by atoms with E-state index in [1.54, 1.807) is 0 Å². The number of benzene rings is 1. The van der Waals surface area contributed by atoms with Crippen LogP contribution < -0.4 is 4.74 Å². The summed E-state index contributed by atoms with van der Waals surface area (Å²) in [6.07, 6.45) is -4.86. The number of hydrogen-bond donors (Lipinski definition) is 0. The van der Waals surface area contributed by atoms with Crippen LogP contribution >= 0.6 is 0 Å². The molecule has 0 saturated carbocycles. The van der Waals surface area contributed by atoms with Gasteiger partial charge in [-0.3, -0.25) is 9.59 Å².